The molecule has 2 amide bonds. The molecular formula is C13H17N3O3. The molecule has 19 heavy (non-hydrogen) atoms. The molecule has 1 aromatic rings. The van der Waals surface area contributed by atoms with Crippen LogP contribution in [-0.4, -0.2) is 25.0 Å². The monoisotopic (exact) mass is 263 g/mol. The van der Waals surface area contributed by atoms with Gasteiger partial charge in [-0.25, -0.2) is 0 Å². The van der Waals surface area contributed by atoms with Crippen molar-refractivity contribution in [2.75, 3.05) is 23.8 Å². The number of ether oxygens (including phenoxy) is 1. The van der Waals surface area contributed by atoms with E-state index in [2.05, 4.69) is 0 Å². The SMILES string of the molecule is CCOc1ccc(N2C[C@H](C(N)=O)CC2=O)c(N)c1. The van der Waals surface area contributed by atoms with Crippen LogP contribution in [0, 0.1) is 5.92 Å². The molecule has 102 valence electrons. The van der Waals surface area contributed by atoms with Crippen LogP contribution in [0.5, 0.6) is 5.75 Å². The number of nitrogens with two attached hydrogens (primary N) is 2. The summed E-state index contributed by atoms with van der Waals surface area (Å²) >= 11 is 0. The van der Waals surface area contributed by atoms with Gasteiger partial charge in [0.05, 0.1) is 23.9 Å². The maximum atomic E-state index is 11.9. The van der Waals surface area contributed by atoms with Gasteiger partial charge in [-0.15, -0.1) is 0 Å². The Kier molecular flexibility index (Phi) is 3.59. The third kappa shape index (κ3) is 2.62. The molecule has 1 atom stereocenters. The van der Waals surface area contributed by atoms with Crippen molar-refractivity contribution in [1.82, 2.24) is 0 Å². The lowest BCUT2D eigenvalue weighted by Gasteiger charge is -2.19. The summed E-state index contributed by atoms with van der Waals surface area (Å²) in [6, 6.07) is 5.14. The Labute approximate surface area is 111 Å². The lowest BCUT2D eigenvalue weighted by atomic mass is 10.1. The highest BCUT2D eigenvalue weighted by atomic mass is 16.5. The Morgan fingerprint density at radius 1 is 1.53 bits per heavy atom. The van der Waals surface area contributed by atoms with Crippen molar-refractivity contribution in [2.24, 2.45) is 11.7 Å². The Bertz CT molecular complexity index is 516. The number of nitrogen functional groups attached to an aromatic ring is 1. The number of carbonyl (C=O) groups excluding carboxylic acids is 2. The molecule has 0 saturated carbocycles. The molecule has 1 heterocycles. The van der Waals surface area contributed by atoms with E-state index in [-0.39, 0.29) is 18.9 Å². The van der Waals surface area contributed by atoms with E-state index >= 15 is 0 Å². The van der Waals surface area contributed by atoms with Crippen LogP contribution in [0.2, 0.25) is 0 Å². The molecule has 6 nitrogen and oxygen atoms in total. The fraction of sp³-hybridized carbons (Fsp3) is 0.385. The largest absolute Gasteiger partial charge is 0.494 e. The fourth-order valence-corrected chi connectivity index (χ4v) is 2.17. The number of carbonyl (C=O) groups is 2. The second kappa shape index (κ2) is 5.17. The Morgan fingerprint density at radius 3 is 2.79 bits per heavy atom. The molecule has 0 aliphatic carbocycles. The van der Waals surface area contributed by atoms with Gasteiger partial charge in [-0.1, -0.05) is 0 Å². The summed E-state index contributed by atoms with van der Waals surface area (Å²) in [5, 5.41) is 0. The molecule has 1 aliphatic heterocycles. The molecule has 1 aliphatic rings. The molecule has 0 spiro atoms. The molecule has 2 rings (SSSR count). The van der Waals surface area contributed by atoms with Crippen molar-refractivity contribution in [3.05, 3.63) is 18.2 Å². The molecule has 6 heteroatoms. The van der Waals surface area contributed by atoms with Gasteiger partial charge >= 0.3 is 0 Å². The average molecular weight is 263 g/mol. The summed E-state index contributed by atoms with van der Waals surface area (Å²) in [7, 11) is 0. The zero-order chi connectivity index (χ0) is 14.0. The fourth-order valence-electron chi connectivity index (χ4n) is 2.17. The van der Waals surface area contributed by atoms with Crippen molar-refractivity contribution in [3.8, 4) is 5.75 Å². The summed E-state index contributed by atoms with van der Waals surface area (Å²) in [5.74, 6) is -0.389. The molecule has 1 saturated heterocycles. The van der Waals surface area contributed by atoms with Gasteiger partial charge in [-0.3, -0.25) is 9.59 Å². The van der Waals surface area contributed by atoms with Gasteiger partial charge in [0.25, 0.3) is 0 Å². The molecule has 0 aromatic heterocycles. The number of anilines is 2. The lowest BCUT2D eigenvalue weighted by molar-refractivity contribution is -0.123. The first-order valence-electron chi connectivity index (χ1n) is 6.15. The molecule has 0 bridgehead atoms. The van der Waals surface area contributed by atoms with E-state index in [0.29, 0.717) is 23.7 Å². The lowest BCUT2D eigenvalue weighted by Crippen LogP contribution is -2.28. The predicted molar refractivity (Wildman–Crippen MR) is 71.7 cm³/mol. The van der Waals surface area contributed by atoms with Crippen LogP contribution < -0.4 is 21.1 Å². The molecule has 0 radical (unpaired) electrons. The summed E-state index contributed by atoms with van der Waals surface area (Å²) in [6.07, 6.45) is 0.141. The van der Waals surface area contributed by atoms with E-state index < -0.39 is 11.8 Å². The topological polar surface area (TPSA) is 98.6 Å². The quantitative estimate of drug-likeness (QED) is 0.773. The maximum Gasteiger partial charge on any atom is 0.227 e. The van der Waals surface area contributed by atoms with Gasteiger partial charge in [-0.2, -0.15) is 0 Å². The van der Waals surface area contributed by atoms with Crippen molar-refractivity contribution in [3.63, 3.8) is 0 Å². The Morgan fingerprint density at radius 2 is 2.26 bits per heavy atom. The van der Waals surface area contributed by atoms with E-state index in [4.69, 9.17) is 16.2 Å². The highest BCUT2D eigenvalue weighted by Gasteiger charge is 2.34. The number of primary amides is 1. The minimum atomic E-state index is -0.458. The minimum absolute atomic E-state index is 0.139. The summed E-state index contributed by atoms with van der Waals surface area (Å²) in [4.78, 5) is 24.5. The Balaban J connectivity index is 2.23. The van der Waals surface area contributed by atoms with Crippen molar-refractivity contribution in [1.29, 1.82) is 0 Å². The first-order chi connectivity index (χ1) is 9.02. The number of hydrogen-bond acceptors (Lipinski definition) is 4. The zero-order valence-electron chi connectivity index (χ0n) is 10.8. The highest BCUT2D eigenvalue weighted by Crippen LogP contribution is 2.32. The minimum Gasteiger partial charge on any atom is -0.494 e. The number of rotatable bonds is 4. The second-order valence-electron chi connectivity index (χ2n) is 4.46. The van der Waals surface area contributed by atoms with Gasteiger partial charge in [0.15, 0.2) is 0 Å². The molecular weight excluding hydrogens is 246 g/mol. The number of hydrogen-bond donors (Lipinski definition) is 2. The van der Waals surface area contributed by atoms with Gasteiger partial charge in [0, 0.05) is 19.0 Å². The number of benzene rings is 1. The third-order valence-corrected chi connectivity index (χ3v) is 3.13. The van der Waals surface area contributed by atoms with Crippen LogP contribution in [0.4, 0.5) is 11.4 Å². The molecule has 0 unspecified atom stereocenters. The van der Waals surface area contributed by atoms with Crippen molar-refractivity contribution >= 4 is 23.2 Å². The van der Waals surface area contributed by atoms with Crippen LogP contribution in [0.25, 0.3) is 0 Å². The molecule has 1 aromatic carbocycles. The second-order valence-corrected chi connectivity index (χ2v) is 4.46. The molecule has 1 fully saturated rings. The first kappa shape index (κ1) is 13.2. The van der Waals surface area contributed by atoms with Gasteiger partial charge in [0.1, 0.15) is 5.75 Å². The van der Waals surface area contributed by atoms with Crippen LogP contribution in [0.1, 0.15) is 13.3 Å². The van der Waals surface area contributed by atoms with Gasteiger partial charge < -0.3 is 21.1 Å². The van der Waals surface area contributed by atoms with Crippen molar-refractivity contribution < 1.29 is 14.3 Å². The van der Waals surface area contributed by atoms with Crippen LogP contribution in [0.3, 0.4) is 0 Å². The highest BCUT2D eigenvalue weighted by molar-refractivity contribution is 6.02. The average Bonchev–Trinajstić information content (AvgIpc) is 2.72. The maximum absolute atomic E-state index is 11.9. The number of amides is 2. The van der Waals surface area contributed by atoms with Crippen LogP contribution in [-0.2, 0) is 9.59 Å². The van der Waals surface area contributed by atoms with E-state index in [1.807, 2.05) is 6.92 Å². The summed E-state index contributed by atoms with van der Waals surface area (Å²) in [6.45, 7) is 2.71. The first-order valence-corrected chi connectivity index (χ1v) is 6.15. The van der Waals surface area contributed by atoms with E-state index in [1.165, 1.54) is 4.90 Å². The van der Waals surface area contributed by atoms with Crippen LogP contribution in [0.15, 0.2) is 18.2 Å². The molecule has 4 N–H and O–H groups in total. The van der Waals surface area contributed by atoms with Crippen molar-refractivity contribution in [2.45, 2.75) is 13.3 Å². The summed E-state index contributed by atoms with van der Waals surface area (Å²) in [5.41, 5.74) is 12.2. The zero-order valence-corrected chi connectivity index (χ0v) is 10.8. The number of nitrogens with zero attached hydrogens (tertiary/aromatic N) is 1. The van der Waals surface area contributed by atoms with E-state index in [9.17, 15) is 9.59 Å². The van der Waals surface area contributed by atoms with Gasteiger partial charge in [0.2, 0.25) is 11.8 Å². The smallest absolute Gasteiger partial charge is 0.227 e. The van der Waals surface area contributed by atoms with Gasteiger partial charge in [-0.05, 0) is 19.1 Å². The third-order valence-electron chi connectivity index (χ3n) is 3.13. The Hall–Kier alpha value is -2.24. The normalized spacial score (nSPS) is 18.7. The van der Waals surface area contributed by atoms with E-state index in [1.54, 1.807) is 18.2 Å². The summed E-state index contributed by atoms with van der Waals surface area (Å²) < 4.78 is 5.33. The standard InChI is InChI=1S/C13H17N3O3/c1-2-19-9-3-4-11(10(14)6-9)16-7-8(13(15)18)5-12(16)17/h3-4,6,8H,2,5,7,14H2,1H3,(H2,15,18)/t8-/m1/s1. The van der Waals surface area contributed by atoms with E-state index in [0.717, 1.165) is 0 Å². The van der Waals surface area contributed by atoms with Crippen LogP contribution >= 0.6 is 0 Å². The predicted octanol–water partition coefficient (Wildman–Crippen LogP) is 0.506.